The first kappa shape index (κ1) is 45.1. The van der Waals surface area contributed by atoms with Crippen LogP contribution in [0.4, 0.5) is 0 Å². The van der Waals surface area contributed by atoms with Crippen LogP contribution in [0.3, 0.4) is 0 Å². The van der Waals surface area contributed by atoms with Gasteiger partial charge in [-0.15, -0.1) is 0 Å². The highest BCUT2D eigenvalue weighted by Gasteiger charge is 2.31. The second-order valence-corrected chi connectivity index (χ2v) is 14.2. The zero-order chi connectivity index (χ0) is 35.0. The van der Waals surface area contributed by atoms with Gasteiger partial charge in [-0.05, 0) is 38.5 Å². The maximum Gasteiger partial charge on any atom is 0.362 e. The van der Waals surface area contributed by atoms with Crippen LogP contribution in [0.1, 0.15) is 168 Å². The van der Waals surface area contributed by atoms with Gasteiger partial charge in [0.05, 0.1) is 34.4 Å². The van der Waals surface area contributed by atoms with Crippen molar-refractivity contribution < 1.29 is 38.2 Å². The standard InChI is InChI=1S/C39H73NO7/c1-6-8-10-12-14-15-16-17-18-19-20-21-22-24-26-28-30-38(42)47-35(33-45-32-31-36(39(43)44)40(3,4)5)34-46-37(41)29-27-25-23-13-11-9-7-2/h18-19,35-36H,6-17,20-34H2,1-5H3/p+1/b19-18+. The van der Waals surface area contributed by atoms with Crippen LogP contribution in [-0.2, 0) is 28.6 Å². The smallest absolute Gasteiger partial charge is 0.362 e. The summed E-state index contributed by atoms with van der Waals surface area (Å²) in [6.07, 6.45) is 29.8. The molecule has 2 unspecified atom stereocenters. The zero-order valence-corrected chi connectivity index (χ0v) is 31.2. The largest absolute Gasteiger partial charge is 0.477 e. The van der Waals surface area contributed by atoms with Crippen molar-refractivity contribution in [3.63, 3.8) is 0 Å². The molecule has 0 heterocycles. The van der Waals surface area contributed by atoms with E-state index in [1.54, 1.807) is 0 Å². The summed E-state index contributed by atoms with van der Waals surface area (Å²) in [6.45, 7) is 4.68. The lowest BCUT2D eigenvalue weighted by Gasteiger charge is -2.31. The Morgan fingerprint density at radius 2 is 1.06 bits per heavy atom. The van der Waals surface area contributed by atoms with E-state index >= 15 is 0 Å². The molecule has 0 rings (SSSR count). The molecule has 0 aromatic heterocycles. The molecule has 8 heteroatoms. The number of rotatable bonds is 34. The SMILES string of the molecule is CCCCCCCCC/C=C/CCCCCCCC(=O)OC(COCCC(C(=O)O)[N+](C)(C)C)COC(=O)CCCCCCCCC. The topological polar surface area (TPSA) is 99.1 Å². The molecule has 47 heavy (non-hydrogen) atoms. The average Bonchev–Trinajstić information content (AvgIpc) is 3.01. The van der Waals surface area contributed by atoms with Gasteiger partial charge in [0, 0.05) is 19.3 Å². The Morgan fingerprint density at radius 1 is 0.617 bits per heavy atom. The van der Waals surface area contributed by atoms with E-state index in [9.17, 15) is 19.5 Å². The first-order chi connectivity index (χ1) is 22.6. The van der Waals surface area contributed by atoms with Crippen molar-refractivity contribution >= 4 is 17.9 Å². The summed E-state index contributed by atoms with van der Waals surface area (Å²) in [5.74, 6) is -1.48. The summed E-state index contributed by atoms with van der Waals surface area (Å²) in [7, 11) is 5.51. The van der Waals surface area contributed by atoms with Gasteiger partial charge in [-0.3, -0.25) is 9.59 Å². The average molecular weight is 669 g/mol. The van der Waals surface area contributed by atoms with Gasteiger partial charge in [-0.1, -0.05) is 122 Å². The lowest BCUT2D eigenvalue weighted by atomic mass is 10.1. The minimum absolute atomic E-state index is 0.0504. The summed E-state index contributed by atoms with van der Waals surface area (Å²) >= 11 is 0. The van der Waals surface area contributed by atoms with Crippen LogP contribution < -0.4 is 0 Å². The molecule has 0 fully saturated rings. The molecule has 0 bridgehead atoms. The molecule has 0 amide bonds. The van der Waals surface area contributed by atoms with Crippen LogP contribution in [0, 0.1) is 0 Å². The molecule has 0 radical (unpaired) electrons. The second-order valence-electron chi connectivity index (χ2n) is 14.2. The molecule has 276 valence electrons. The Balaban J connectivity index is 4.35. The van der Waals surface area contributed by atoms with Gasteiger partial charge in [0.25, 0.3) is 0 Å². The summed E-state index contributed by atoms with van der Waals surface area (Å²) in [4.78, 5) is 36.6. The highest BCUT2D eigenvalue weighted by Crippen LogP contribution is 2.13. The Labute approximate surface area is 289 Å². The lowest BCUT2D eigenvalue weighted by molar-refractivity contribution is -0.887. The predicted octanol–water partition coefficient (Wildman–Crippen LogP) is 9.58. The molecule has 0 saturated carbocycles. The predicted molar refractivity (Wildman–Crippen MR) is 192 cm³/mol. The van der Waals surface area contributed by atoms with Crippen LogP contribution >= 0.6 is 0 Å². The van der Waals surface area contributed by atoms with Gasteiger partial charge in [0.2, 0.25) is 0 Å². The minimum atomic E-state index is -0.876. The van der Waals surface area contributed by atoms with Crippen molar-refractivity contribution in [1.82, 2.24) is 0 Å². The van der Waals surface area contributed by atoms with E-state index in [2.05, 4.69) is 26.0 Å². The van der Waals surface area contributed by atoms with E-state index in [1.807, 2.05) is 21.1 Å². The lowest BCUT2D eigenvalue weighted by Crippen LogP contribution is -2.50. The van der Waals surface area contributed by atoms with E-state index in [0.29, 0.717) is 19.3 Å². The molecule has 0 aromatic carbocycles. The number of nitrogens with zero attached hydrogens (tertiary/aromatic N) is 1. The van der Waals surface area contributed by atoms with E-state index in [-0.39, 0.29) is 36.2 Å². The van der Waals surface area contributed by atoms with Crippen molar-refractivity contribution in [3.05, 3.63) is 12.2 Å². The molecule has 1 N–H and O–H groups in total. The van der Waals surface area contributed by atoms with Crippen molar-refractivity contribution in [2.24, 2.45) is 0 Å². The van der Waals surface area contributed by atoms with Gasteiger partial charge in [-0.2, -0.15) is 0 Å². The summed E-state index contributed by atoms with van der Waals surface area (Å²) < 4.78 is 17.1. The monoisotopic (exact) mass is 669 g/mol. The fourth-order valence-corrected chi connectivity index (χ4v) is 5.61. The number of ether oxygens (including phenoxy) is 3. The van der Waals surface area contributed by atoms with Gasteiger partial charge in [0.1, 0.15) is 6.61 Å². The maximum absolute atomic E-state index is 12.6. The highest BCUT2D eigenvalue weighted by atomic mass is 16.6. The number of carbonyl (C=O) groups excluding carboxylic acids is 2. The van der Waals surface area contributed by atoms with Crippen LogP contribution in [0.15, 0.2) is 12.2 Å². The molecule has 2 atom stereocenters. The molecule has 0 aliphatic carbocycles. The minimum Gasteiger partial charge on any atom is -0.477 e. The van der Waals surface area contributed by atoms with Gasteiger partial charge >= 0.3 is 17.9 Å². The fourth-order valence-electron chi connectivity index (χ4n) is 5.61. The third-order valence-electron chi connectivity index (χ3n) is 8.66. The quantitative estimate of drug-likeness (QED) is 0.0315. The van der Waals surface area contributed by atoms with Crippen molar-refractivity contribution in [2.75, 3.05) is 41.0 Å². The number of hydrogen-bond acceptors (Lipinski definition) is 6. The van der Waals surface area contributed by atoms with E-state index < -0.39 is 18.1 Å². The molecule has 0 aromatic rings. The van der Waals surface area contributed by atoms with E-state index in [0.717, 1.165) is 51.4 Å². The highest BCUT2D eigenvalue weighted by molar-refractivity contribution is 5.72. The number of carboxylic acid groups (broad SMARTS) is 1. The number of likely N-dealkylation sites (N-methyl/N-ethyl adjacent to an activating group) is 1. The van der Waals surface area contributed by atoms with Gasteiger partial charge in [-0.25, -0.2) is 4.79 Å². The van der Waals surface area contributed by atoms with Crippen molar-refractivity contribution in [1.29, 1.82) is 0 Å². The molecule has 0 saturated heterocycles. The maximum atomic E-state index is 12.6. The second kappa shape index (κ2) is 31.3. The number of quaternary nitrogens is 1. The van der Waals surface area contributed by atoms with Gasteiger partial charge in [0.15, 0.2) is 12.1 Å². The third-order valence-corrected chi connectivity index (χ3v) is 8.66. The Hall–Kier alpha value is -1.93. The fraction of sp³-hybridized carbons (Fsp3) is 0.872. The van der Waals surface area contributed by atoms with Crippen LogP contribution in [0.2, 0.25) is 0 Å². The zero-order valence-electron chi connectivity index (χ0n) is 31.2. The Morgan fingerprint density at radius 3 is 1.53 bits per heavy atom. The molecular formula is C39H74NO7+. The molecule has 0 spiro atoms. The number of allylic oxidation sites excluding steroid dienone is 2. The van der Waals surface area contributed by atoms with Crippen LogP contribution in [0.25, 0.3) is 0 Å². The van der Waals surface area contributed by atoms with E-state index in [1.165, 1.54) is 83.5 Å². The van der Waals surface area contributed by atoms with Crippen molar-refractivity contribution in [3.8, 4) is 0 Å². The number of unbranched alkanes of at least 4 members (excludes halogenated alkanes) is 18. The summed E-state index contributed by atoms with van der Waals surface area (Å²) in [5.41, 5.74) is 0. The molecule has 0 aliphatic rings. The summed E-state index contributed by atoms with van der Waals surface area (Å²) in [5, 5.41) is 9.56. The number of carbonyl (C=O) groups is 3. The third kappa shape index (κ3) is 29.9. The molecule has 8 nitrogen and oxygen atoms in total. The van der Waals surface area contributed by atoms with Gasteiger partial charge < -0.3 is 23.8 Å². The number of carboxylic acids is 1. The number of hydrogen-bond donors (Lipinski definition) is 1. The number of aliphatic carboxylic acids is 1. The molecule has 0 aliphatic heterocycles. The van der Waals surface area contributed by atoms with Crippen LogP contribution in [0.5, 0.6) is 0 Å². The van der Waals surface area contributed by atoms with Crippen LogP contribution in [-0.4, -0.2) is 80.6 Å². The van der Waals surface area contributed by atoms with Crippen molar-refractivity contribution in [2.45, 2.75) is 180 Å². The van der Waals surface area contributed by atoms with E-state index in [4.69, 9.17) is 14.2 Å². The number of esters is 2. The molecular weight excluding hydrogens is 594 g/mol. The first-order valence-corrected chi connectivity index (χ1v) is 19.2. The Kier molecular flexibility index (Phi) is 30.1. The summed E-state index contributed by atoms with van der Waals surface area (Å²) in [6, 6.07) is -0.610. The Bertz CT molecular complexity index is 793. The normalized spacial score (nSPS) is 13.1. The first-order valence-electron chi connectivity index (χ1n) is 19.2.